The minimum atomic E-state index is -0.979. The van der Waals surface area contributed by atoms with Crippen LogP contribution in [0.3, 0.4) is 0 Å². The van der Waals surface area contributed by atoms with Gasteiger partial charge in [-0.25, -0.2) is 0 Å². The molecule has 0 saturated heterocycles. The summed E-state index contributed by atoms with van der Waals surface area (Å²) in [5, 5.41) is 19.4. The molecule has 0 saturated carbocycles. The number of carboxylic acids is 1. The summed E-state index contributed by atoms with van der Waals surface area (Å²) in [6.07, 6.45) is 0. The summed E-state index contributed by atoms with van der Waals surface area (Å²) in [5.41, 5.74) is 1.04. The predicted octanol–water partition coefficient (Wildman–Crippen LogP) is 3.36. The Labute approximate surface area is 99.7 Å². The molecular weight excluding hydrogens is 228 g/mol. The van der Waals surface area contributed by atoms with Gasteiger partial charge in [0.05, 0.1) is 5.92 Å². The van der Waals surface area contributed by atoms with Gasteiger partial charge in [-0.2, -0.15) is 0 Å². The highest BCUT2D eigenvalue weighted by molar-refractivity contribution is 6.30. The van der Waals surface area contributed by atoms with Gasteiger partial charge in [-0.05, 0) is 30.5 Å². The number of aromatic hydroxyl groups is 1. The molecule has 3 nitrogen and oxygen atoms in total. The number of phenolic OH excluding ortho intramolecular Hbond substituents is 1. The molecule has 0 radical (unpaired) electrons. The maximum atomic E-state index is 10.9. The van der Waals surface area contributed by atoms with Crippen molar-refractivity contribution in [2.75, 3.05) is 0 Å². The van der Waals surface area contributed by atoms with Gasteiger partial charge >= 0.3 is 5.97 Å². The van der Waals surface area contributed by atoms with E-state index in [2.05, 4.69) is 0 Å². The Hall–Kier alpha value is -1.22. The lowest BCUT2D eigenvalue weighted by atomic mass is 9.93. The quantitative estimate of drug-likeness (QED) is 0.855. The standard InChI is InChI=1S/C12H15ClO3/c1-6(2)9-4-8(13)5-10(11(9)14)7(3)12(15)16/h4-7,14H,1-3H3,(H,15,16). The maximum absolute atomic E-state index is 10.9. The van der Waals surface area contributed by atoms with E-state index < -0.39 is 11.9 Å². The maximum Gasteiger partial charge on any atom is 0.310 e. The minimum absolute atomic E-state index is 0.0364. The molecule has 0 aliphatic carbocycles. The fourth-order valence-corrected chi connectivity index (χ4v) is 1.78. The number of hydrogen-bond acceptors (Lipinski definition) is 2. The van der Waals surface area contributed by atoms with Crippen molar-refractivity contribution in [2.45, 2.75) is 32.6 Å². The first-order chi connectivity index (χ1) is 7.34. The van der Waals surface area contributed by atoms with Crippen molar-refractivity contribution in [3.05, 3.63) is 28.3 Å². The van der Waals surface area contributed by atoms with E-state index in [0.29, 0.717) is 16.1 Å². The fraction of sp³-hybridized carbons (Fsp3) is 0.417. The molecule has 1 rings (SSSR count). The van der Waals surface area contributed by atoms with Crippen molar-refractivity contribution in [3.63, 3.8) is 0 Å². The summed E-state index contributed by atoms with van der Waals surface area (Å²) in [6, 6.07) is 3.17. The van der Waals surface area contributed by atoms with Gasteiger partial charge in [0.15, 0.2) is 0 Å². The molecule has 0 heterocycles. The summed E-state index contributed by atoms with van der Waals surface area (Å²) in [7, 11) is 0. The van der Waals surface area contributed by atoms with Gasteiger partial charge in [-0.1, -0.05) is 25.4 Å². The molecule has 1 aromatic rings. The molecule has 16 heavy (non-hydrogen) atoms. The summed E-state index contributed by atoms with van der Waals surface area (Å²) < 4.78 is 0. The van der Waals surface area contributed by atoms with Crippen molar-refractivity contribution in [1.82, 2.24) is 0 Å². The van der Waals surface area contributed by atoms with E-state index >= 15 is 0 Å². The average Bonchev–Trinajstić information content (AvgIpc) is 2.19. The Morgan fingerprint density at radius 2 is 1.75 bits per heavy atom. The van der Waals surface area contributed by atoms with Crippen molar-refractivity contribution in [1.29, 1.82) is 0 Å². The minimum Gasteiger partial charge on any atom is -0.507 e. The van der Waals surface area contributed by atoms with E-state index in [1.807, 2.05) is 13.8 Å². The smallest absolute Gasteiger partial charge is 0.310 e. The third-order valence-electron chi connectivity index (χ3n) is 2.59. The molecule has 1 aromatic carbocycles. The van der Waals surface area contributed by atoms with Gasteiger partial charge in [0.2, 0.25) is 0 Å². The van der Waals surface area contributed by atoms with Crippen LogP contribution in [0.1, 0.15) is 43.7 Å². The zero-order valence-electron chi connectivity index (χ0n) is 9.49. The van der Waals surface area contributed by atoms with E-state index in [1.165, 1.54) is 13.0 Å². The van der Waals surface area contributed by atoms with Crippen LogP contribution in [0.5, 0.6) is 5.75 Å². The van der Waals surface area contributed by atoms with Gasteiger partial charge in [-0.15, -0.1) is 0 Å². The van der Waals surface area contributed by atoms with E-state index in [1.54, 1.807) is 6.07 Å². The van der Waals surface area contributed by atoms with Crippen LogP contribution >= 0.6 is 11.6 Å². The van der Waals surface area contributed by atoms with Crippen LogP contribution in [0.25, 0.3) is 0 Å². The van der Waals surface area contributed by atoms with Crippen LogP contribution in [0, 0.1) is 0 Å². The van der Waals surface area contributed by atoms with Crippen molar-refractivity contribution < 1.29 is 15.0 Å². The van der Waals surface area contributed by atoms with Crippen molar-refractivity contribution in [2.24, 2.45) is 0 Å². The first-order valence-corrected chi connectivity index (χ1v) is 5.47. The van der Waals surface area contributed by atoms with Gasteiger partial charge in [-0.3, -0.25) is 4.79 Å². The Balaban J connectivity index is 3.35. The van der Waals surface area contributed by atoms with E-state index in [0.717, 1.165) is 0 Å². The monoisotopic (exact) mass is 242 g/mol. The predicted molar refractivity (Wildman–Crippen MR) is 63.3 cm³/mol. The van der Waals surface area contributed by atoms with Gasteiger partial charge in [0.1, 0.15) is 5.75 Å². The normalized spacial score (nSPS) is 12.8. The molecular formula is C12H15ClO3. The van der Waals surface area contributed by atoms with Crippen LogP contribution in [0.15, 0.2) is 12.1 Å². The summed E-state index contributed by atoms with van der Waals surface area (Å²) in [6.45, 7) is 5.36. The second-order valence-electron chi connectivity index (χ2n) is 4.15. The number of carboxylic acid groups (broad SMARTS) is 1. The van der Waals surface area contributed by atoms with Crippen LogP contribution < -0.4 is 0 Å². The Bertz CT molecular complexity index is 413. The van der Waals surface area contributed by atoms with Gasteiger partial charge in [0.25, 0.3) is 0 Å². The van der Waals surface area contributed by atoms with E-state index in [9.17, 15) is 9.90 Å². The van der Waals surface area contributed by atoms with Crippen molar-refractivity contribution >= 4 is 17.6 Å². The highest BCUT2D eigenvalue weighted by Gasteiger charge is 2.21. The highest BCUT2D eigenvalue weighted by atomic mass is 35.5. The van der Waals surface area contributed by atoms with E-state index in [-0.39, 0.29) is 11.7 Å². The number of aliphatic carboxylic acids is 1. The lowest BCUT2D eigenvalue weighted by molar-refractivity contribution is -0.138. The van der Waals surface area contributed by atoms with Gasteiger partial charge < -0.3 is 10.2 Å². The average molecular weight is 243 g/mol. The van der Waals surface area contributed by atoms with Crippen LogP contribution in [-0.4, -0.2) is 16.2 Å². The topological polar surface area (TPSA) is 57.5 Å². The number of benzene rings is 1. The second-order valence-corrected chi connectivity index (χ2v) is 4.58. The Kier molecular flexibility index (Phi) is 3.81. The second kappa shape index (κ2) is 4.74. The summed E-state index contributed by atoms with van der Waals surface area (Å²) in [5.74, 6) is -1.61. The number of hydrogen-bond donors (Lipinski definition) is 2. The third kappa shape index (κ3) is 2.47. The van der Waals surface area contributed by atoms with Crippen LogP contribution in [0.4, 0.5) is 0 Å². The fourth-order valence-electron chi connectivity index (χ4n) is 1.55. The molecule has 0 aromatic heterocycles. The molecule has 1 unspecified atom stereocenters. The number of rotatable bonds is 3. The Morgan fingerprint density at radius 3 is 2.19 bits per heavy atom. The molecule has 0 spiro atoms. The molecule has 0 fully saturated rings. The molecule has 88 valence electrons. The zero-order chi connectivity index (χ0) is 12.5. The Morgan fingerprint density at radius 1 is 1.25 bits per heavy atom. The number of carbonyl (C=O) groups is 1. The summed E-state index contributed by atoms with van der Waals surface area (Å²) in [4.78, 5) is 10.9. The van der Waals surface area contributed by atoms with Crippen LogP contribution in [0.2, 0.25) is 5.02 Å². The van der Waals surface area contributed by atoms with E-state index in [4.69, 9.17) is 16.7 Å². The molecule has 1 atom stereocenters. The lowest BCUT2D eigenvalue weighted by Crippen LogP contribution is -2.08. The molecule has 0 amide bonds. The lowest BCUT2D eigenvalue weighted by Gasteiger charge is -2.15. The first-order valence-electron chi connectivity index (χ1n) is 5.09. The SMILES string of the molecule is CC(C)c1cc(Cl)cc(C(C)C(=O)O)c1O. The van der Waals surface area contributed by atoms with Crippen LogP contribution in [-0.2, 0) is 4.79 Å². The highest BCUT2D eigenvalue weighted by Crippen LogP contribution is 2.36. The molecule has 2 N–H and O–H groups in total. The zero-order valence-corrected chi connectivity index (χ0v) is 10.2. The third-order valence-corrected chi connectivity index (χ3v) is 2.81. The largest absolute Gasteiger partial charge is 0.507 e. The number of phenols is 1. The van der Waals surface area contributed by atoms with Crippen molar-refractivity contribution in [3.8, 4) is 5.75 Å². The number of halogens is 1. The van der Waals surface area contributed by atoms with Gasteiger partial charge in [0, 0.05) is 10.6 Å². The molecule has 4 heteroatoms. The molecule has 0 bridgehead atoms. The first kappa shape index (κ1) is 12.8. The molecule has 0 aliphatic rings. The molecule has 0 aliphatic heterocycles. The summed E-state index contributed by atoms with van der Waals surface area (Å²) >= 11 is 5.91.